The molecule has 0 N–H and O–H groups in total. The number of pyridine rings is 1. The third kappa shape index (κ3) is 3.01. The van der Waals surface area contributed by atoms with Gasteiger partial charge in [-0.15, -0.1) is 0 Å². The van der Waals surface area contributed by atoms with Gasteiger partial charge < -0.3 is 9.31 Å². The maximum Gasteiger partial charge on any atom is 0.525 e. The minimum absolute atomic E-state index is 0.482. The molecule has 3 rings (SSSR count). The van der Waals surface area contributed by atoms with E-state index < -0.39 is 24.0 Å². The van der Waals surface area contributed by atoms with Crippen LogP contribution in [0.1, 0.15) is 33.4 Å². The molecule has 1 saturated heterocycles. The Bertz CT molecular complexity index is 755. The van der Waals surface area contributed by atoms with Crippen molar-refractivity contribution in [2.75, 3.05) is 0 Å². The normalized spacial score (nSPS) is 19.8. The molecular formula is C17H21BFN3O2. The SMILES string of the molecule is Cn1nc(-c2ccccn2)cc1C=C(F)B1OC(C)(C)C(C)(C)O1. The molecular weight excluding hydrogens is 308 g/mol. The Hall–Kier alpha value is -1.99. The second kappa shape index (κ2) is 5.83. The molecule has 0 radical (unpaired) electrons. The summed E-state index contributed by atoms with van der Waals surface area (Å²) in [6, 6.07) is 7.37. The lowest BCUT2D eigenvalue weighted by Gasteiger charge is -2.32. The number of rotatable bonds is 3. The predicted molar refractivity (Wildman–Crippen MR) is 91.6 cm³/mol. The second-order valence-electron chi connectivity index (χ2n) is 6.91. The first-order chi connectivity index (χ1) is 11.2. The average molecular weight is 329 g/mol. The van der Waals surface area contributed by atoms with Gasteiger partial charge in [-0.25, -0.2) is 4.39 Å². The number of hydrogen-bond acceptors (Lipinski definition) is 4. The highest BCUT2D eigenvalue weighted by Gasteiger charge is 2.53. The Morgan fingerprint density at radius 1 is 1.17 bits per heavy atom. The van der Waals surface area contributed by atoms with Crippen molar-refractivity contribution in [1.29, 1.82) is 0 Å². The summed E-state index contributed by atoms with van der Waals surface area (Å²) in [7, 11) is 0.749. The van der Waals surface area contributed by atoms with Crippen LogP contribution in [0.15, 0.2) is 36.2 Å². The second-order valence-corrected chi connectivity index (χ2v) is 6.91. The predicted octanol–water partition coefficient (Wildman–Crippen LogP) is 3.42. The first-order valence-electron chi connectivity index (χ1n) is 7.88. The highest BCUT2D eigenvalue weighted by atomic mass is 19.1. The van der Waals surface area contributed by atoms with Crippen molar-refractivity contribution in [2.24, 2.45) is 7.05 Å². The Balaban J connectivity index is 1.86. The zero-order chi connectivity index (χ0) is 17.5. The molecule has 2 aromatic rings. The lowest BCUT2D eigenvalue weighted by molar-refractivity contribution is 0.00578. The van der Waals surface area contributed by atoms with Gasteiger partial charge in [0.25, 0.3) is 0 Å². The standard InChI is InChI=1S/C17H21BFN3O2/c1-16(2)17(3,4)24-18(23-16)15(19)11-12-10-14(21-22(12)5)13-8-6-7-9-20-13/h6-11H,1-5H3. The smallest absolute Gasteiger partial charge is 0.398 e. The third-order valence-corrected chi connectivity index (χ3v) is 4.61. The van der Waals surface area contributed by atoms with Crippen molar-refractivity contribution in [3.63, 3.8) is 0 Å². The van der Waals surface area contributed by atoms with E-state index in [0.717, 1.165) is 5.69 Å². The molecule has 0 aromatic carbocycles. The number of nitrogens with zero attached hydrogens (tertiary/aromatic N) is 3. The van der Waals surface area contributed by atoms with Gasteiger partial charge in [0.15, 0.2) is 0 Å². The molecule has 0 bridgehead atoms. The lowest BCUT2D eigenvalue weighted by atomic mass is 9.87. The van der Waals surface area contributed by atoms with Crippen LogP contribution in [0.5, 0.6) is 0 Å². The molecule has 0 atom stereocenters. The van der Waals surface area contributed by atoms with Crippen molar-refractivity contribution < 1.29 is 13.7 Å². The number of aromatic nitrogens is 3. The summed E-state index contributed by atoms with van der Waals surface area (Å²) in [5.74, 6) is 0. The largest absolute Gasteiger partial charge is 0.525 e. The molecule has 5 nitrogen and oxygen atoms in total. The summed E-state index contributed by atoms with van der Waals surface area (Å²) >= 11 is 0. The molecule has 3 heterocycles. The molecule has 0 unspecified atom stereocenters. The van der Waals surface area contributed by atoms with Gasteiger partial charge >= 0.3 is 7.12 Å². The molecule has 0 saturated carbocycles. The lowest BCUT2D eigenvalue weighted by Crippen LogP contribution is -2.41. The molecule has 24 heavy (non-hydrogen) atoms. The molecule has 0 aliphatic carbocycles. The van der Waals surface area contributed by atoms with Gasteiger partial charge in [-0.1, -0.05) is 6.07 Å². The van der Waals surface area contributed by atoms with E-state index in [4.69, 9.17) is 9.31 Å². The maximum atomic E-state index is 14.6. The van der Waals surface area contributed by atoms with Crippen LogP contribution in [0.3, 0.4) is 0 Å². The van der Waals surface area contributed by atoms with E-state index in [-0.39, 0.29) is 0 Å². The third-order valence-electron chi connectivity index (χ3n) is 4.61. The molecule has 2 aromatic heterocycles. The van der Waals surface area contributed by atoms with Crippen LogP contribution in [0, 0.1) is 0 Å². The Morgan fingerprint density at radius 2 is 1.83 bits per heavy atom. The minimum Gasteiger partial charge on any atom is -0.398 e. The summed E-state index contributed by atoms with van der Waals surface area (Å²) in [6.07, 6.45) is 3.09. The van der Waals surface area contributed by atoms with Gasteiger partial charge in [-0.3, -0.25) is 9.67 Å². The highest BCUT2D eigenvalue weighted by Crippen LogP contribution is 2.39. The van der Waals surface area contributed by atoms with Gasteiger partial charge in [0, 0.05) is 13.2 Å². The first kappa shape index (κ1) is 16.9. The van der Waals surface area contributed by atoms with Gasteiger partial charge in [0.2, 0.25) is 0 Å². The van der Waals surface area contributed by atoms with Crippen molar-refractivity contribution in [3.05, 3.63) is 41.9 Å². The van der Waals surface area contributed by atoms with Crippen molar-refractivity contribution in [2.45, 2.75) is 38.9 Å². The van der Waals surface area contributed by atoms with E-state index in [1.807, 2.05) is 45.9 Å². The number of hydrogen-bond donors (Lipinski definition) is 0. The summed E-state index contributed by atoms with van der Waals surface area (Å²) in [5, 5.41) is 4.38. The molecule has 1 fully saturated rings. The van der Waals surface area contributed by atoms with E-state index in [1.54, 1.807) is 24.0 Å². The van der Waals surface area contributed by atoms with Gasteiger partial charge in [0.05, 0.1) is 22.6 Å². The number of halogens is 1. The Morgan fingerprint density at radius 3 is 2.42 bits per heavy atom. The topological polar surface area (TPSA) is 49.2 Å². The Kier molecular flexibility index (Phi) is 4.09. The molecule has 7 heteroatoms. The zero-order valence-corrected chi connectivity index (χ0v) is 14.6. The quantitative estimate of drug-likeness (QED) is 0.810. The van der Waals surface area contributed by atoms with E-state index in [2.05, 4.69) is 10.1 Å². The van der Waals surface area contributed by atoms with E-state index in [1.165, 1.54) is 6.08 Å². The van der Waals surface area contributed by atoms with Gasteiger partial charge in [0.1, 0.15) is 11.4 Å². The molecule has 126 valence electrons. The highest BCUT2D eigenvalue weighted by molar-refractivity contribution is 6.54. The van der Waals surface area contributed by atoms with Crippen LogP contribution >= 0.6 is 0 Å². The summed E-state index contributed by atoms with van der Waals surface area (Å²) in [4.78, 5) is 4.26. The van der Waals surface area contributed by atoms with Crippen LogP contribution in [0.25, 0.3) is 17.5 Å². The Labute approximate surface area is 141 Å². The maximum absolute atomic E-state index is 14.6. The van der Waals surface area contributed by atoms with E-state index in [0.29, 0.717) is 11.4 Å². The van der Waals surface area contributed by atoms with Crippen molar-refractivity contribution in [3.8, 4) is 11.4 Å². The molecule has 0 spiro atoms. The van der Waals surface area contributed by atoms with Gasteiger partial charge in [-0.05, 0) is 52.0 Å². The van der Waals surface area contributed by atoms with Crippen molar-refractivity contribution >= 4 is 13.2 Å². The summed E-state index contributed by atoms with van der Waals surface area (Å²) < 4.78 is 27.7. The molecule has 1 aliphatic rings. The fourth-order valence-corrected chi connectivity index (χ4v) is 2.42. The van der Waals surface area contributed by atoms with Crippen LogP contribution < -0.4 is 0 Å². The van der Waals surface area contributed by atoms with Crippen LogP contribution in [-0.4, -0.2) is 33.1 Å². The summed E-state index contributed by atoms with van der Waals surface area (Å²) in [5.41, 5.74) is 0.407. The molecule has 1 aliphatic heterocycles. The number of aryl methyl sites for hydroxylation is 1. The van der Waals surface area contributed by atoms with Gasteiger partial charge in [-0.2, -0.15) is 5.10 Å². The van der Waals surface area contributed by atoms with E-state index in [9.17, 15) is 4.39 Å². The zero-order valence-electron chi connectivity index (χ0n) is 14.6. The minimum atomic E-state index is -1.01. The summed E-state index contributed by atoms with van der Waals surface area (Å²) in [6.45, 7) is 7.57. The first-order valence-corrected chi connectivity index (χ1v) is 7.88. The molecule has 0 amide bonds. The van der Waals surface area contributed by atoms with Crippen LogP contribution in [-0.2, 0) is 16.4 Å². The van der Waals surface area contributed by atoms with Crippen molar-refractivity contribution in [1.82, 2.24) is 14.8 Å². The van der Waals surface area contributed by atoms with Crippen LogP contribution in [0.2, 0.25) is 0 Å². The van der Waals surface area contributed by atoms with E-state index >= 15 is 0 Å². The average Bonchev–Trinajstić information content (AvgIpc) is 2.97. The van der Waals surface area contributed by atoms with Crippen LogP contribution in [0.4, 0.5) is 4.39 Å². The monoisotopic (exact) mass is 329 g/mol. The fourth-order valence-electron chi connectivity index (χ4n) is 2.42. The fraction of sp³-hybridized carbons (Fsp3) is 0.412.